The number of allylic oxidation sites excluding steroid dienone is 1. The lowest BCUT2D eigenvalue weighted by atomic mass is 10.1. The molecule has 2 nitrogen and oxygen atoms in total. The van der Waals surface area contributed by atoms with Crippen molar-refractivity contribution in [2.45, 2.75) is 47.5 Å². The van der Waals surface area contributed by atoms with Crippen molar-refractivity contribution in [1.82, 2.24) is 5.32 Å². The van der Waals surface area contributed by atoms with E-state index in [-0.39, 0.29) is 0 Å². The Kier molecular flexibility index (Phi) is 15.5. The molecule has 0 saturated heterocycles. The molecular formula is C13H30N2. The van der Waals surface area contributed by atoms with Gasteiger partial charge in [-0.1, -0.05) is 39.3 Å². The molecule has 0 heterocycles. The Balaban J connectivity index is 0. The molecule has 2 heteroatoms. The van der Waals surface area contributed by atoms with Gasteiger partial charge in [0.1, 0.15) is 0 Å². The van der Waals surface area contributed by atoms with Gasteiger partial charge in [-0.15, -0.1) is 0 Å². The SMILES string of the molecule is CC.CC.CC1=CC(CNCCN)CC1. The molecule has 1 atom stereocenters. The predicted octanol–water partition coefficient (Wildman–Crippen LogP) is 2.94. The van der Waals surface area contributed by atoms with Gasteiger partial charge in [0.05, 0.1) is 0 Å². The van der Waals surface area contributed by atoms with Crippen molar-refractivity contribution in [1.29, 1.82) is 0 Å². The van der Waals surface area contributed by atoms with E-state index in [4.69, 9.17) is 5.73 Å². The van der Waals surface area contributed by atoms with Crippen LogP contribution in [0.1, 0.15) is 47.5 Å². The van der Waals surface area contributed by atoms with Crippen LogP contribution in [0.2, 0.25) is 0 Å². The van der Waals surface area contributed by atoms with Gasteiger partial charge in [0.25, 0.3) is 0 Å². The normalized spacial score (nSPS) is 18.3. The highest BCUT2D eigenvalue weighted by Crippen LogP contribution is 2.22. The molecule has 0 aromatic heterocycles. The van der Waals surface area contributed by atoms with Crippen molar-refractivity contribution < 1.29 is 0 Å². The highest BCUT2D eigenvalue weighted by atomic mass is 14.9. The number of hydrogen-bond acceptors (Lipinski definition) is 2. The fourth-order valence-corrected chi connectivity index (χ4v) is 1.53. The molecule has 1 aliphatic rings. The summed E-state index contributed by atoms with van der Waals surface area (Å²) < 4.78 is 0. The number of nitrogens with one attached hydrogen (secondary N) is 1. The minimum Gasteiger partial charge on any atom is -0.329 e. The van der Waals surface area contributed by atoms with Crippen LogP contribution < -0.4 is 11.1 Å². The Hall–Kier alpha value is -0.340. The van der Waals surface area contributed by atoms with E-state index in [1.807, 2.05) is 27.7 Å². The third kappa shape index (κ3) is 9.95. The van der Waals surface area contributed by atoms with E-state index in [1.54, 1.807) is 5.57 Å². The summed E-state index contributed by atoms with van der Waals surface area (Å²) in [6.07, 6.45) is 4.99. The first-order valence-electron chi connectivity index (χ1n) is 6.41. The molecule has 0 saturated carbocycles. The van der Waals surface area contributed by atoms with Crippen molar-refractivity contribution in [2.75, 3.05) is 19.6 Å². The van der Waals surface area contributed by atoms with Gasteiger partial charge in [-0.05, 0) is 25.7 Å². The molecule has 15 heavy (non-hydrogen) atoms. The second-order valence-corrected chi connectivity index (χ2v) is 3.30. The van der Waals surface area contributed by atoms with Gasteiger partial charge >= 0.3 is 0 Å². The summed E-state index contributed by atoms with van der Waals surface area (Å²) in [6.45, 7) is 13.0. The van der Waals surface area contributed by atoms with Crippen LogP contribution in [0.5, 0.6) is 0 Å². The summed E-state index contributed by atoms with van der Waals surface area (Å²) in [5.74, 6) is 0.765. The van der Waals surface area contributed by atoms with E-state index in [1.165, 1.54) is 12.8 Å². The van der Waals surface area contributed by atoms with E-state index in [9.17, 15) is 0 Å². The standard InChI is InChI=1S/C9H18N2.2C2H6/c1-8-2-3-9(6-8)7-11-5-4-10;2*1-2/h6,9,11H,2-5,7,10H2,1H3;2*1-2H3. The lowest BCUT2D eigenvalue weighted by Crippen LogP contribution is -2.26. The molecular weight excluding hydrogens is 184 g/mol. The lowest BCUT2D eigenvalue weighted by molar-refractivity contribution is 0.553. The molecule has 0 spiro atoms. The molecule has 1 aliphatic carbocycles. The molecule has 0 radical (unpaired) electrons. The first-order valence-corrected chi connectivity index (χ1v) is 6.41. The van der Waals surface area contributed by atoms with E-state index >= 15 is 0 Å². The van der Waals surface area contributed by atoms with Crippen LogP contribution in [0.25, 0.3) is 0 Å². The smallest absolute Gasteiger partial charge is 0.00747 e. The van der Waals surface area contributed by atoms with Crippen molar-refractivity contribution in [2.24, 2.45) is 11.7 Å². The lowest BCUT2D eigenvalue weighted by Gasteiger charge is -2.07. The second kappa shape index (κ2) is 13.7. The van der Waals surface area contributed by atoms with Crippen molar-refractivity contribution in [3.05, 3.63) is 11.6 Å². The third-order valence-electron chi connectivity index (χ3n) is 2.16. The highest BCUT2D eigenvalue weighted by Gasteiger charge is 2.11. The predicted molar refractivity (Wildman–Crippen MR) is 71.1 cm³/mol. The molecule has 0 aliphatic heterocycles. The average Bonchev–Trinajstić information content (AvgIpc) is 2.71. The fourth-order valence-electron chi connectivity index (χ4n) is 1.53. The molecule has 92 valence electrons. The van der Waals surface area contributed by atoms with Gasteiger partial charge in [-0.25, -0.2) is 0 Å². The molecule has 0 aromatic rings. The summed E-state index contributed by atoms with van der Waals surface area (Å²) in [7, 11) is 0. The maximum absolute atomic E-state index is 5.36. The highest BCUT2D eigenvalue weighted by molar-refractivity contribution is 5.08. The Morgan fingerprint density at radius 2 is 1.93 bits per heavy atom. The third-order valence-corrected chi connectivity index (χ3v) is 2.16. The zero-order valence-electron chi connectivity index (χ0n) is 11.3. The van der Waals surface area contributed by atoms with Crippen molar-refractivity contribution >= 4 is 0 Å². The molecule has 1 unspecified atom stereocenters. The van der Waals surface area contributed by atoms with Crippen LogP contribution in [-0.2, 0) is 0 Å². The summed E-state index contributed by atoms with van der Waals surface area (Å²) in [4.78, 5) is 0. The molecule has 3 N–H and O–H groups in total. The Labute approximate surface area is 96.3 Å². The van der Waals surface area contributed by atoms with Gasteiger partial charge < -0.3 is 11.1 Å². The maximum Gasteiger partial charge on any atom is 0.00747 e. The monoisotopic (exact) mass is 214 g/mol. The second-order valence-electron chi connectivity index (χ2n) is 3.30. The van der Waals surface area contributed by atoms with E-state index < -0.39 is 0 Å². The van der Waals surface area contributed by atoms with E-state index in [0.717, 1.165) is 25.6 Å². The van der Waals surface area contributed by atoms with Gasteiger partial charge in [0.15, 0.2) is 0 Å². The molecule has 0 fully saturated rings. The summed E-state index contributed by atoms with van der Waals surface area (Å²) in [6, 6.07) is 0. The molecule has 0 aromatic carbocycles. The maximum atomic E-state index is 5.36. The minimum atomic E-state index is 0.745. The Morgan fingerprint density at radius 3 is 2.33 bits per heavy atom. The molecule has 1 rings (SSSR count). The number of nitrogens with two attached hydrogens (primary N) is 1. The first kappa shape index (κ1) is 17.1. The van der Waals surface area contributed by atoms with E-state index in [0.29, 0.717) is 0 Å². The first-order chi connectivity index (χ1) is 7.33. The van der Waals surface area contributed by atoms with Gasteiger partial charge in [0, 0.05) is 19.6 Å². The van der Waals surface area contributed by atoms with Gasteiger partial charge in [-0.3, -0.25) is 0 Å². The minimum absolute atomic E-state index is 0.745. The van der Waals surface area contributed by atoms with Crippen LogP contribution in [0.4, 0.5) is 0 Å². The Bertz CT molecular complexity index is 141. The molecule has 0 bridgehead atoms. The van der Waals surface area contributed by atoms with Crippen LogP contribution >= 0.6 is 0 Å². The van der Waals surface area contributed by atoms with Crippen LogP contribution in [0.3, 0.4) is 0 Å². The summed E-state index contributed by atoms with van der Waals surface area (Å²) in [5.41, 5.74) is 6.91. The van der Waals surface area contributed by atoms with Crippen LogP contribution in [-0.4, -0.2) is 19.6 Å². The quantitative estimate of drug-likeness (QED) is 0.558. The van der Waals surface area contributed by atoms with Gasteiger partial charge in [-0.2, -0.15) is 0 Å². The summed E-state index contributed by atoms with van der Waals surface area (Å²) in [5, 5.41) is 3.33. The number of rotatable bonds is 4. The number of hydrogen-bond donors (Lipinski definition) is 2. The topological polar surface area (TPSA) is 38.0 Å². The largest absolute Gasteiger partial charge is 0.329 e. The zero-order chi connectivity index (χ0) is 12.1. The van der Waals surface area contributed by atoms with E-state index in [2.05, 4.69) is 18.3 Å². The van der Waals surface area contributed by atoms with Crippen LogP contribution in [0, 0.1) is 5.92 Å². The average molecular weight is 214 g/mol. The van der Waals surface area contributed by atoms with Gasteiger partial charge in [0.2, 0.25) is 0 Å². The van der Waals surface area contributed by atoms with Crippen LogP contribution in [0.15, 0.2) is 11.6 Å². The Morgan fingerprint density at radius 1 is 1.33 bits per heavy atom. The van der Waals surface area contributed by atoms with Crippen molar-refractivity contribution in [3.63, 3.8) is 0 Å². The summed E-state index contributed by atoms with van der Waals surface area (Å²) >= 11 is 0. The molecule has 0 amide bonds. The van der Waals surface area contributed by atoms with Crippen molar-refractivity contribution in [3.8, 4) is 0 Å². The fraction of sp³-hybridized carbons (Fsp3) is 0.846. The zero-order valence-corrected chi connectivity index (χ0v) is 11.3.